The average molecular weight is 275 g/mol. The van der Waals surface area contributed by atoms with Crippen LogP contribution in [0, 0.1) is 11.3 Å². The minimum Gasteiger partial charge on any atom is -0.315 e. The number of aldehydes is 1. The second kappa shape index (κ2) is 4.65. The van der Waals surface area contributed by atoms with Gasteiger partial charge in [0.05, 0.1) is 0 Å². The van der Waals surface area contributed by atoms with Crippen molar-refractivity contribution >= 4 is 23.8 Å². The van der Waals surface area contributed by atoms with Crippen molar-refractivity contribution in [1.29, 1.82) is 0 Å². The molecule has 1 saturated heterocycles. The molecule has 1 heterocycles. The van der Waals surface area contributed by atoms with Gasteiger partial charge in [0.15, 0.2) is 0 Å². The van der Waals surface area contributed by atoms with Crippen molar-refractivity contribution < 1.29 is 19.2 Å². The van der Waals surface area contributed by atoms with E-state index in [0.717, 1.165) is 12.0 Å². The molecule has 2 fully saturated rings. The van der Waals surface area contributed by atoms with E-state index in [9.17, 15) is 19.2 Å². The highest BCUT2D eigenvalue weighted by Crippen LogP contribution is 2.56. The van der Waals surface area contributed by atoms with Crippen LogP contribution >= 0.6 is 0 Å². The molecule has 0 aromatic carbocycles. The molecule has 2 aliphatic carbocycles. The third-order valence-electron chi connectivity index (χ3n) is 4.85. The summed E-state index contributed by atoms with van der Waals surface area (Å²) in [5, 5.41) is 0. The number of carbonyl (C=O) groups excluding carboxylic acids is 4. The Morgan fingerprint density at radius 3 is 2.90 bits per heavy atom. The highest BCUT2D eigenvalue weighted by molar-refractivity contribution is 5.96. The first-order valence-corrected chi connectivity index (χ1v) is 7.07. The van der Waals surface area contributed by atoms with Crippen LogP contribution < -0.4 is 0 Å². The SMILES string of the molecule is O=CCCN1C(=O)CC[C@@]23CC(=O)C[C@@H]2C(=O)CC=C13. The largest absolute Gasteiger partial charge is 0.315 e. The maximum absolute atomic E-state index is 12.1. The number of Topliss-reactive ketones (excluding diaryl/α,β-unsaturated/α-hetero) is 2. The van der Waals surface area contributed by atoms with Crippen LogP contribution in [0.5, 0.6) is 0 Å². The Bertz CT molecular complexity index is 536. The van der Waals surface area contributed by atoms with Crippen LogP contribution in [0.25, 0.3) is 0 Å². The molecule has 20 heavy (non-hydrogen) atoms. The monoisotopic (exact) mass is 275 g/mol. The summed E-state index contributed by atoms with van der Waals surface area (Å²) in [4.78, 5) is 48.3. The Morgan fingerprint density at radius 2 is 2.15 bits per heavy atom. The smallest absolute Gasteiger partial charge is 0.226 e. The number of allylic oxidation sites excluding steroid dienone is 2. The summed E-state index contributed by atoms with van der Waals surface area (Å²) >= 11 is 0. The van der Waals surface area contributed by atoms with Crippen LogP contribution in [0.1, 0.15) is 38.5 Å². The van der Waals surface area contributed by atoms with Gasteiger partial charge in [-0.3, -0.25) is 14.4 Å². The molecule has 0 N–H and O–H groups in total. The summed E-state index contributed by atoms with van der Waals surface area (Å²) in [6.07, 6.45) is 4.78. The summed E-state index contributed by atoms with van der Waals surface area (Å²) in [5.74, 6) is -0.0388. The molecule has 1 spiro atoms. The number of nitrogens with zero attached hydrogens (tertiary/aromatic N) is 1. The summed E-state index contributed by atoms with van der Waals surface area (Å²) in [6, 6.07) is 0. The fourth-order valence-electron chi connectivity index (χ4n) is 4.00. The van der Waals surface area contributed by atoms with Gasteiger partial charge in [0, 0.05) is 55.7 Å². The Kier molecular flexibility index (Phi) is 3.07. The van der Waals surface area contributed by atoms with E-state index in [4.69, 9.17) is 0 Å². The molecule has 5 nitrogen and oxygen atoms in total. The van der Waals surface area contributed by atoms with Gasteiger partial charge in [0.1, 0.15) is 17.9 Å². The number of piperidine rings is 1. The van der Waals surface area contributed by atoms with Gasteiger partial charge in [-0.1, -0.05) is 6.08 Å². The van der Waals surface area contributed by atoms with E-state index in [1.54, 1.807) is 11.0 Å². The van der Waals surface area contributed by atoms with E-state index in [1.165, 1.54) is 0 Å². The average Bonchev–Trinajstić information content (AvgIpc) is 2.76. The fraction of sp³-hybridized carbons (Fsp3) is 0.600. The fourth-order valence-corrected chi connectivity index (χ4v) is 4.00. The molecule has 1 aliphatic heterocycles. The van der Waals surface area contributed by atoms with Gasteiger partial charge in [0.25, 0.3) is 0 Å². The zero-order chi connectivity index (χ0) is 14.3. The van der Waals surface area contributed by atoms with Gasteiger partial charge in [-0.2, -0.15) is 0 Å². The lowest BCUT2D eigenvalue weighted by molar-refractivity contribution is -0.138. The minimum absolute atomic E-state index is 0.00354. The second-order valence-electron chi connectivity index (χ2n) is 5.89. The van der Waals surface area contributed by atoms with E-state index in [2.05, 4.69) is 0 Å². The van der Waals surface area contributed by atoms with E-state index >= 15 is 0 Å². The Labute approximate surface area is 117 Å². The topological polar surface area (TPSA) is 71.5 Å². The minimum atomic E-state index is -0.469. The maximum Gasteiger partial charge on any atom is 0.226 e. The lowest BCUT2D eigenvalue weighted by Gasteiger charge is -2.47. The molecular weight excluding hydrogens is 258 g/mol. The summed E-state index contributed by atoms with van der Waals surface area (Å²) < 4.78 is 0. The molecule has 5 heteroatoms. The summed E-state index contributed by atoms with van der Waals surface area (Å²) in [7, 11) is 0. The van der Waals surface area contributed by atoms with E-state index < -0.39 is 5.41 Å². The Balaban J connectivity index is 2.01. The molecule has 0 aromatic heterocycles. The quantitative estimate of drug-likeness (QED) is 0.721. The third-order valence-corrected chi connectivity index (χ3v) is 4.85. The van der Waals surface area contributed by atoms with Crippen LogP contribution in [0.4, 0.5) is 0 Å². The van der Waals surface area contributed by atoms with Crippen molar-refractivity contribution in [1.82, 2.24) is 4.90 Å². The van der Waals surface area contributed by atoms with Crippen LogP contribution in [-0.4, -0.2) is 35.2 Å². The predicted molar refractivity (Wildman–Crippen MR) is 69.5 cm³/mol. The Morgan fingerprint density at radius 1 is 1.35 bits per heavy atom. The van der Waals surface area contributed by atoms with Crippen molar-refractivity contribution in [3.05, 3.63) is 11.8 Å². The van der Waals surface area contributed by atoms with Crippen LogP contribution in [0.2, 0.25) is 0 Å². The lowest BCUT2D eigenvalue weighted by Crippen LogP contribution is -2.49. The molecule has 3 aliphatic rings. The number of rotatable bonds is 3. The first kappa shape index (κ1) is 13.2. The van der Waals surface area contributed by atoms with Gasteiger partial charge in [-0.15, -0.1) is 0 Å². The molecular formula is C15H17NO4. The van der Waals surface area contributed by atoms with E-state index in [-0.39, 0.29) is 29.8 Å². The highest BCUT2D eigenvalue weighted by Gasteiger charge is 2.57. The molecule has 2 atom stereocenters. The molecule has 0 aromatic rings. The number of amides is 1. The standard InChI is InChI=1S/C15H17NO4/c17-7-1-6-16-13-3-2-12(19)11-8-10(18)9-15(11,13)5-4-14(16)20/h3,7,11H,1-2,4-6,8-9H2/t11-,15-/m1/s1. The number of hydrogen-bond donors (Lipinski definition) is 0. The Hall–Kier alpha value is -1.78. The number of likely N-dealkylation sites (tertiary alicyclic amines) is 1. The zero-order valence-electron chi connectivity index (χ0n) is 11.3. The summed E-state index contributed by atoms with van der Waals surface area (Å²) in [6.45, 7) is 0.352. The second-order valence-corrected chi connectivity index (χ2v) is 5.89. The number of ketones is 2. The van der Waals surface area contributed by atoms with Gasteiger partial charge in [0.2, 0.25) is 5.91 Å². The van der Waals surface area contributed by atoms with Crippen molar-refractivity contribution in [2.45, 2.75) is 38.5 Å². The molecule has 3 rings (SSSR count). The van der Waals surface area contributed by atoms with Gasteiger partial charge in [-0.25, -0.2) is 0 Å². The van der Waals surface area contributed by atoms with Gasteiger partial charge >= 0.3 is 0 Å². The van der Waals surface area contributed by atoms with Crippen molar-refractivity contribution in [3.63, 3.8) is 0 Å². The number of carbonyl (C=O) groups is 4. The molecule has 1 amide bonds. The third kappa shape index (κ3) is 1.76. The van der Waals surface area contributed by atoms with Crippen molar-refractivity contribution in [2.75, 3.05) is 6.54 Å². The molecule has 0 radical (unpaired) electrons. The van der Waals surface area contributed by atoms with Crippen LogP contribution in [0.3, 0.4) is 0 Å². The predicted octanol–water partition coefficient (Wildman–Crippen LogP) is 1.02. The molecule has 0 unspecified atom stereocenters. The molecule has 1 saturated carbocycles. The summed E-state index contributed by atoms with van der Waals surface area (Å²) in [5.41, 5.74) is 0.356. The normalized spacial score (nSPS) is 32.8. The van der Waals surface area contributed by atoms with Gasteiger partial charge in [-0.05, 0) is 6.42 Å². The number of hydrogen-bond acceptors (Lipinski definition) is 4. The zero-order valence-corrected chi connectivity index (χ0v) is 11.3. The van der Waals surface area contributed by atoms with Crippen molar-refractivity contribution in [2.24, 2.45) is 11.3 Å². The lowest BCUT2D eigenvalue weighted by atomic mass is 9.64. The molecule has 106 valence electrons. The first-order chi connectivity index (χ1) is 9.58. The molecule has 0 bridgehead atoms. The maximum atomic E-state index is 12.1. The van der Waals surface area contributed by atoms with E-state index in [1.807, 2.05) is 0 Å². The van der Waals surface area contributed by atoms with Crippen molar-refractivity contribution in [3.8, 4) is 0 Å². The van der Waals surface area contributed by atoms with Gasteiger partial charge < -0.3 is 9.69 Å². The first-order valence-electron chi connectivity index (χ1n) is 7.07. The van der Waals surface area contributed by atoms with Crippen LogP contribution in [0.15, 0.2) is 11.8 Å². The van der Waals surface area contributed by atoms with Crippen LogP contribution in [-0.2, 0) is 19.2 Å². The highest BCUT2D eigenvalue weighted by atomic mass is 16.2. The van der Waals surface area contributed by atoms with E-state index in [0.29, 0.717) is 38.6 Å².